The highest BCUT2D eigenvalue weighted by Gasteiger charge is 2.17. The topological polar surface area (TPSA) is 33.5 Å². The highest BCUT2D eigenvalue weighted by atomic mass is 79.9. The van der Waals surface area contributed by atoms with Crippen molar-refractivity contribution >= 4 is 45.0 Å². The van der Waals surface area contributed by atoms with E-state index in [2.05, 4.69) is 15.9 Å². The third-order valence-corrected chi connectivity index (χ3v) is 3.85. The van der Waals surface area contributed by atoms with Gasteiger partial charge < -0.3 is 9.32 Å². The number of carbonyl (C=O) groups excluding carboxylic acids is 1. The third-order valence-electron chi connectivity index (χ3n) is 2.57. The number of carbonyl (C=O) groups is 1. The van der Waals surface area contributed by atoms with Crippen LogP contribution in [-0.4, -0.2) is 17.9 Å². The molecule has 0 aliphatic heterocycles. The van der Waals surface area contributed by atoms with Crippen molar-refractivity contribution in [1.82, 2.24) is 4.90 Å². The molecule has 0 spiro atoms. The van der Waals surface area contributed by atoms with Crippen molar-refractivity contribution in [2.24, 2.45) is 0 Å². The molecule has 2 rings (SSSR count). The van der Waals surface area contributed by atoms with Gasteiger partial charge in [0, 0.05) is 13.6 Å². The van der Waals surface area contributed by atoms with Gasteiger partial charge in [-0.2, -0.15) is 0 Å². The second-order valence-corrected chi connectivity index (χ2v) is 5.54. The van der Waals surface area contributed by atoms with Gasteiger partial charge in [0.2, 0.25) is 0 Å². The van der Waals surface area contributed by atoms with Gasteiger partial charge in [0.25, 0.3) is 5.91 Å². The number of halogens is 3. The molecule has 0 saturated heterocycles. The molecule has 0 radical (unpaired) electrons. The van der Waals surface area contributed by atoms with Crippen molar-refractivity contribution in [1.29, 1.82) is 0 Å². The Morgan fingerprint density at radius 1 is 1.32 bits per heavy atom. The summed E-state index contributed by atoms with van der Waals surface area (Å²) in [6.07, 6.45) is 0. The summed E-state index contributed by atoms with van der Waals surface area (Å²) >= 11 is 15.2. The maximum atomic E-state index is 12.1. The molecule has 1 heterocycles. The molecule has 3 nitrogen and oxygen atoms in total. The van der Waals surface area contributed by atoms with Gasteiger partial charge in [-0.25, -0.2) is 0 Å². The van der Waals surface area contributed by atoms with Crippen molar-refractivity contribution in [3.63, 3.8) is 0 Å². The smallest absolute Gasteiger partial charge is 0.289 e. The van der Waals surface area contributed by atoms with Crippen LogP contribution in [0, 0.1) is 0 Å². The van der Waals surface area contributed by atoms with Gasteiger partial charge >= 0.3 is 0 Å². The number of hydrogen-bond donors (Lipinski definition) is 0. The van der Waals surface area contributed by atoms with Gasteiger partial charge in [-0.1, -0.05) is 35.3 Å². The third kappa shape index (κ3) is 3.32. The Hall–Kier alpha value is -0.970. The summed E-state index contributed by atoms with van der Waals surface area (Å²) in [5.74, 6) is 0.0502. The zero-order valence-corrected chi connectivity index (χ0v) is 13.1. The monoisotopic (exact) mass is 361 g/mol. The van der Waals surface area contributed by atoms with Gasteiger partial charge in [-0.05, 0) is 39.7 Å². The summed E-state index contributed by atoms with van der Waals surface area (Å²) < 4.78 is 5.74. The Morgan fingerprint density at radius 3 is 2.68 bits per heavy atom. The molecule has 1 amide bonds. The van der Waals surface area contributed by atoms with Crippen LogP contribution in [0.15, 0.2) is 39.4 Å². The molecule has 100 valence electrons. The first kappa shape index (κ1) is 14.4. The number of hydrogen-bond acceptors (Lipinski definition) is 2. The van der Waals surface area contributed by atoms with E-state index >= 15 is 0 Å². The summed E-state index contributed by atoms with van der Waals surface area (Å²) in [7, 11) is 1.68. The molecular weight excluding hydrogens is 353 g/mol. The maximum absolute atomic E-state index is 12.1. The van der Waals surface area contributed by atoms with Crippen LogP contribution < -0.4 is 0 Å². The Balaban J connectivity index is 2.15. The number of amides is 1. The predicted octanol–water partition coefficient (Wildman–Crippen LogP) is 4.62. The lowest BCUT2D eigenvalue weighted by molar-refractivity contribution is 0.0752. The first-order chi connectivity index (χ1) is 8.99. The van der Waals surface area contributed by atoms with E-state index in [-0.39, 0.29) is 11.7 Å². The average Bonchev–Trinajstić information content (AvgIpc) is 2.80. The Labute approximate surface area is 129 Å². The summed E-state index contributed by atoms with van der Waals surface area (Å²) in [6.45, 7) is 0.358. The summed E-state index contributed by atoms with van der Waals surface area (Å²) in [5, 5.41) is 0.935. The molecular formula is C13H10BrCl2NO2. The number of benzene rings is 1. The minimum absolute atomic E-state index is 0.221. The Morgan fingerprint density at radius 2 is 2.05 bits per heavy atom. The van der Waals surface area contributed by atoms with Crippen LogP contribution >= 0.6 is 39.1 Å². The van der Waals surface area contributed by atoms with Gasteiger partial charge in [0.15, 0.2) is 10.4 Å². The van der Waals surface area contributed by atoms with Crippen LogP contribution in [-0.2, 0) is 6.54 Å². The van der Waals surface area contributed by atoms with Crippen molar-refractivity contribution in [2.75, 3.05) is 7.05 Å². The average molecular weight is 363 g/mol. The quantitative estimate of drug-likeness (QED) is 0.798. The fourth-order valence-electron chi connectivity index (χ4n) is 1.62. The SMILES string of the molecule is CN(Cc1cccc(Cl)c1Cl)C(=O)c1ccc(Br)o1. The first-order valence-electron chi connectivity index (χ1n) is 5.42. The molecule has 0 N–H and O–H groups in total. The number of nitrogens with zero attached hydrogens (tertiary/aromatic N) is 1. The van der Waals surface area contributed by atoms with E-state index in [1.807, 2.05) is 6.07 Å². The van der Waals surface area contributed by atoms with Crippen molar-refractivity contribution in [2.45, 2.75) is 6.54 Å². The van der Waals surface area contributed by atoms with E-state index < -0.39 is 0 Å². The van der Waals surface area contributed by atoms with E-state index in [0.717, 1.165) is 5.56 Å². The molecule has 0 aliphatic carbocycles. The highest BCUT2D eigenvalue weighted by Crippen LogP contribution is 2.26. The van der Waals surface area contributed by atoms with Gasteiger partial charge in [-0.3, -0.25) is 4.79 Å². The fraction of sp³-hybridized carbons (Fsp3) is 0.154. The zero-order valence-electron chi connectivity index (χ0n) is 9.99. The fourth-order valence-corrected chi connectivity index (χ4v) is 2.30. The minimum Gasteiger partial charge on any atom is -0.444 e. The minimum atomic E-state index is -0.221. The van der Waals surface area contributed by atoms with Crippen LogP contribution in [0.2, 0.25) is 10.0 Å². The van der Waals surface area contributed by atoms with E-state index in [0.29, 0.717) is 21.3 Å². The largest absolute Gasteiger partial charge is 0.444 e. The van der Waals surface area contributed by atoms with Crippen molar-refractivity contribution < 1.29 is 9.21 Å². The van der Waals surface area contributed by atoms with E-state index in [1.165, 1.54) is 4.90 Å². The lowest BCUT2D eigenvalue weighted by Crippen LogP contribution is -2.25. The molecule has 0 saturated carbocycles. The van der Waals surface area contributed by atoms with Crippen LogP contribution in [0.3, 0.4) is 0 Å². The molecule has 0 atom stereocenters. The lowest BCUT2D eigenvalue weighted by atomic mass is 10.2. The van der Waals surface area contributed by atoms with Gasteiger partial charge in [-0.15, -0.1) is 0 Å². The molecule has 1 aromatic heterocycles. The lowest BCUT2D eigenvalue weighted by Gasteiger charge is -2.17. The molecule has 0 unspecified atom stereocenters. The predicted molar refractivity (Wildman–Crippen MR) is 78.7 cm³/mol. The second-order valence-electron chi connectivity index (χ2n) is 3.98. The van der Waals surface area contributed by atoms with Crippen LogP contribution in [0.25, 0.3) is 0 Å². The Kier molecular flexibility index (Phi) is 4.55. The van der Waals surface area contributed by atoms with Crippen LogP contribution in [0.1, 0.15) is 16.1 Å². The first-order valence-corrected chi connectivity index (χ1v) is 6.97. The van der Waals surface area contributed by atoms with Crippen LogP contribution in [0.4, 0.5) is 0 Å². The van der Waals surface area contributed by atoms with E-state index in [4.69, 9.17) is 27.6 Å². The van der Waals surface area contributed by atoms with Crippen LogP contribution in [0.5, 0.6) is 0 Å². The van der Waals surface area contributed by atoms with Crippen molar-refractivity contribution in [3.8, 4) is 0 Å². The highest BCUT2D eigenvalue weighted by molar-refractivity contribution is 9.10. The van der Waals surface area contributed by atoms with Gasteiger partial charge in [0.05, 0.1) is 10.0 Å². The van der Waals surface area contributed by atoms with Gasteiger partial charge in [0.1, 0.15) is 0 Å². The molecule has 0 fully saturated rings. The summed E-state index contributed by atoms with van der Waals surface area (Å²) in [6, 6.07) is 8.62. The van der Waals surface area contributed by atoms with E-state index in [9.17, 15) is 4.79 Å². The molecule has 1 aromatic carbocycles. The van der Waals surface area contributed by atoms with E-state index in [1.54, 1.807) is 31.3 Å². The molecule has 2 aromatic rings. The number of furan rings is 1. The van der Waals surface area contributed by atoms with Crippen molar-refractivity contribution in [3.05, 3.63) is 56.4 Å². The Bertz CT molecular complexity index is 612. The molecule has 0 aliphatic rings. The maximum Gasteiger partial charge on any atom is 0.289 e. The summed E-state index contributed by atoms with van der Waals surface area (Å²) in [4.78, 5) is 13.6. The number of rotatable bonds is 3. The molecule has 0 bridgehead atoms. The molecule has 19 heavy (non-hydrogen) atoms. The molecule has 6 heteroatoms. The zero-order chi connectivity index (χ0) is 14.0. The second kappa shape index (κ2) is 5.99. The normalized spacial score (nSPS) is 10.5. The standard InChI is InChI=1S/C13H10BrCl2NO2/c1-17(13(18)10-5-6-11(14)19-10)7-8-3-2-4-9(15)12(8)16/h2-6H,7H2,1H3. The summed E-state index contributed by atoms with van der Waals surface area (Å²) in [5.41, 5.74) is 0.788.